The highest BCUT2D eigenvalue weighted by Crippen LogP contribution is 2.15. The average Bonchev–Trinajstić information content (AvgIpc) is 2.67. The Balaban J connectivity index is 0.00000128. The standard InChI is InChI=1S/C9H12ClN3OS.ClH/c1-6-4-8(10)13-9(12-6)15(14)7-2-3-11-5-7;/h4,7,11H,2-3,5H2,1H3;1H/t7-,15+;/m0./s1. The van der Waals surface area contributed by atoms with Crippen molar-refractivity contribution in [3.8, 4) is 0 Å². The fourth-order valence-corrected chi connectivity index (χ4v) is 3.16. The fourth-order valence-electron chi connectivity index (χ4n) is 1.55. The Morgan fingerprint density at radius 3 is 2.88 bits per heavy atom. The number of halogens is 2. The molecule has 0 aromatic carbocycles. The Labute approximate surface area is 108 Å². The second kappa shape index (κ2) is 5.91. The first kappa shape index (κ1) is 13.8. The molecule has 0 bridgehead atoms. The summed E-state index contributed by atoms with van der Waals surface area (Å²) >= 11 is 5.80. The van der Waals surface area contributed by atoms with E-state index in [1.54, 1.807) is 6.07 Å². The second-order valence-corrected chi connectivity index (χ2v) is 5.54. The summed E-state index contributed by atoms with van der Waals surface area (Å²) in [6.07, 6.45) is 0.904. The van der Waals surface area contributed by atoms with Gasteiger partial charge in [0, 0.05) is 12.2 Å². The van der Waals surface area contributed by atoms with Crippen molar-refractivity contribution >= 4 is 34.8 Å². The van der Waals surface area contributed by atoms with Crippen LogP contribution in [-0.4, -0.2) is 32.5 Å². The molecule has 16 heavy (non-hydrogen) atoms. The molecule has 90 valence electrons. The van der Waals surface area contributed by atoms with E-state index in [0.717, 1.165) is 25.2 Å². The predicted octanol–water partition coefficient (Wildman–Crippen LogP) is 1.33. The largest absolute Gasteiger partial charge is 0.315 e. The highest BCUT2D eigenvalue weighted by molar-refractivity contribution is 7.85. The van der Waals surface area contributed by atoms with Gasteiger partial charge in [-0.25, -0.2) is 9.97 Å². The Morgan fingerprint density at radius 1 is 1.56 bits per heavy atom. The molecule has 1 fully saturated rings. The van der Waals surface area contributed by atoms with Gasteiger partial charge in [0.1, 0.15) is 5.15 Å². The molecule has 0 aliphatic carbocycles. The molecular formula is C9H13Cl2N3OS. The SMILES string of the molecule is Cc1cc(Cl)nc([S@](=O)[C@H]2CCNC2)n1.Cl. The molecule has 0 unspecified atom stereocenters. The third-order valence-corrected chi connectivity index (χ3v) is 4.04. The number of hydrogen-bond acceptors (Lipinski definition) is 4. The van der Waals surface area contributed by atoms with Crippen LogP contribution in [0.15, 0.2) is 11.2 Å². The molecule has 1 aliphatic rings. The molecule has 1 aliphatic heterocycles. The van der Waals surface area contributed by atoms with Crippen molar-refractivity contribution in [1.82, 2.24) is 15.3 Å². The first-order chi connectivity index (χ1) is 7.16. The topological polar surface area (TPSA) is 54.9 Å². The van der Waals surface area contributed by atoms with E-state index in [1.807, 2.05) is 6.92 Å². The smallest absolute Gasteiger partial charge is 0.220 e. The van der Waals surface area contributed by atoms with Gasteiger partial charge in [-0.2, -0.15) is 0 Å². The van der Waals surface area contributed by atoms with Crippen molar-refractivity contribution < 1.29 is 4.21 Å². The van der Waals surface area contributed by atoms with Crippen molar-refractivity contribution in [2.75, 3.05) is 13.1 Å². The first-order valence-corrected chi connectivity index (χ1v) is 6.38. The normalized spacial score (nSPS) is 21.5. The number of aryl methyl sites for hydroxylation is 1. The lowest BCUT2D eigenvalue weighted by atomic mass is 10.4. The Bertz CT molecular complexity index is 376. The Kier molecular flexibility index (Phi) is 5.11. The number of nitrogens with zero attached hydrogens (tertiary/aromatic N) is 2. The molecule has 1 aromatic heterocycles. The van der Waals surface area contributed by atoms with Crippen LogP contribution >= 0.6 is 24.0 Å². The highest BCUT2D eigenvalue weighted by atomic mass is 35.5. The van der Waals surface area contributed by atoms with Gasteiger partial charge in [0.2, 0.25) is 5.16 Å². The van der Waals surface area contributed by atoms with Crippen LogP contribution in [0, 0.1) is 6.92 Å². The monoisotopic (exact) mass is 281 g/mol. The van der Waals surface area contributed by atoms with E-state index in [-0.39, 0.29) is 17.7 Å². The zero-order chi connectivity index (χ0) is 10.8. The van der Waals surface area contributed by atoms with Crippen molar-refractivity contribution in [2.45, 2.75) is 23.8 Å². The van der Waals surface area contributed by atoms with Crippen LogP contribution in [0.1, 0.15) is 12.1 Å². The van der Waals surface area contributed by atoms with Crippen LogP contribution in [0.25, 0.3) is 0 Å². The summed E-state index contributed by atoms with van der Waals surface area (Å²) < 4.78 is 12.0. The van der Waals surface area contributed by atoms with Crippen LogP contribution in [0.4, 0.5) is 0 Å². The zero-order valence-corrected chi connectivity index (χ0v) is 11.2. The van der Waals surface area contributed by atoms with Gasteiger partial charge in [-0.3, -0.25) is 4.21 Å². The lowest BCUT2D eigenvalue weighted by Gasteiger charge is -2.07. The minimum Gasteiger partial charge on any atom is -0.315 e. The Hall–Kier alpha value is -0.230. The lowest BCUT2D eigenvalue weighted by molar-refractivity contribution is 0.663. The van der Waals surface area contributed by atoms with Gasteiger partial charge in [0.25, 0.3) is 0 Å². The van der Waals surface area contributed by atoms with E-state index in [2.05, 4.69) is 15.3 Å². The van der Waals surface area contributed by atoms with E-state index >= 15 is 0 Å². The molecule has 7 heteroatoms. The quantitative estimate of drug-likeness (QED) is 0.657. The fraction of sp³-hybridized carbons (Fsp3) is 0.556. The molecule has 0 spiro atoms. The maximum absolute atomic E-state index is 12.0. The van der Waals surface area contributed by atoms with E-state index in [4.69, 9.17) is 11.6 Å². The summed E-state index contributed by atoms with van der Waals surface area (Å²) in [7, 11) is -1.15. The molecule has 2 heterocycles. The summed E-state index contributed by atoms with van der Waals surface area (Å²) in [5, 5.41) is 4.00. The van der Waals surface area contributed by atoms with Gasteiger partial charge in [-0.1, -0.05) is 11.6 Å². The molecule has 0 amide bonds. The molecule has 4 nitrogen and oxygen atoms in total. The predicted molar refractivity (Wildman–Crippen MR) is 66.7 cm³/mol. The van der Waals surface area contributed by atoms with Crippen LogP contribution in [0.3, 0.4) is 0 Å². The molecular weight excluding hydrogens is 269 g/mol. The van der Waals surface area contributed by atoms with Crippen LogP contribution in [0.5, 0.6) is 0 Å². The molecule has 1 aromatic rings. The summed E-state index contributed by atoms with van der Waals surface area (Å²) in [5.74, 6) is 0. The average molecular weight is 282 g/mol. The molecule has 1 saturated heterocycles. The summed E-state index contributed by atoms with van der Waals surface area (Å²) in [6.45, 7) is 3.50. The van der Waals surface area contributed by atoms with Crippen molar-refractivity contribution in [1.29, 1.82) is 0 Å². The van der Waals surface area contributed by atoms with Crippen molar-refractivity contribution in [3.63, 3.8) is 0 Å². The van der Waals surface area contributed by atoms with Gasteiger partial charge in [0.15, 0.2) is 0 Å². The van der Waals surface area contributed by atoms with E-state index < -0.39 is 10.8 Å². The Morgan fingerprint density at radius 2 is 2.31 bits per heavy atom. The summed E-state index contributed by atoms with van der Waals surface area (Å²) in [6, 6.07) is 1.66. The maximum atomic E-state index is 12.0. The van der Waals surface area contributed by atoms with Crippen LogP contribution in [-0.2, 0) is 10.8 Å². The number of aromatic nitrogens is 2. The molecule has 0 radical (unpaired) electrons. The molecule has 2 atom stereocenters. The first-order valence-electron chi connectivity index (χ1n) is 4.79. The number of hydrogen-bond donors (Lipinski definition) is 1. The van der Waals surface area contributed by atoms with Gasteiger partial charge in [-0.05, 0) is 26.0 Å². The van der Waals surface area contributed by atoms with Gasteiger partial charge >= 0.3 is 0 Å². The summed E-state index contributed by atoms with van der Waals surface area (Å²) in [5.41, 5.74) is 0.754. The molecule has 2 rings (SSSR count). The molecule has 0 saturated carbocycles. The third kappa shape index (κ3) is 3.13. The van der Waals surface area contributed by atoms with Gasteiger partial charge in [0.05, 0.1) is 16.0 Å². The van der Waals surface area contributed by atoms with E-state index in [0.29, 0.717) is 10.3 Å². The minimum atomic E-state index is -1.15. The molecule has 1 N–H and O–H groups in total. The van der Waals surface area contributed by atoms with Crippen molar-refractivity contribution in [2.24, 2.45) is 0 Å². The minimum absolute atomic E-state index is 0. The zero-order valence-electron chi connectivity index (χ0n) is 8.77. The van der Waals surface area contributed by atoms with Crippen LogP contribution < -0.4 is 5.32 Å². The highest BCUT2D eigenvalue weighted by Gasteiger charge is 2.24. The maximum Gasteiger partial charge on any atom is 0.220 e. The van der Waals surface area contributed by atoms with Gasteiger partial charge in [-0.15, -0.1) is 12.4 Å². The summed E-state index contributed by atoms with van der Waals surface area (Å²) in [4.78, 5) is 8.16. The van der Waals surface area contributed by atoms with Gasteiger partial charge < -0.3 is 5.32 Å². The number of rotatable bonds is 2. The van der Waals surface area contributed by atoms with E-state index in [1.165, 1.54) is 0 Å². The van der Waals surface area contributed by atoms with Crippen LogP contribution in [0.2, 0.25) is 5.15 Å². The van der Waals surface area contributed by atoms with Crippen molar-refractivity contribution in [3.05, 3.63) is 16.9 Å². The lowest BCUT2D eigenvalue weighted by Crippen LogP contribution is -2.20. The third-order valence-electron chi connectivity index (χ3n) is 2.30. The number of nitrogens with one attached hydrogen (secondary N) is 1. The van der Waals surface area contributed by atoms with E-state index in [9.17, 15) is 4.21 Å². The second-order valence-electron chi connectivity index (χ2n) is 3.53.